The van der Waals surface area contributed by atoms with Crippen LogP contribution >= 0.6 is 0 Å². The maximum Gasteiger partial charge on any atom is 0.412 e. The second-order valence-corrected chi connectivity index (χ2v) is 5.28. The molecule has 4 rings (SSSR count). The Morgan fingerprint density at radius 2 is 2.08 bits per heavy atom. The Morgan fingerprint density at radius 1 is 1.20 bits per heavy atom. The van der Waals surface area contributed by atoms with Gasteiger partial charge >= 0.3 is 6.09 Å². The van der Waals surface area contributed by atoms with Crippen LogP contribution in [0.1, 0.15) is 11.1 Å². The van der Waals surface area contributed by atoms with Crippen molar-refractivity contribution in [3.63, 3.8) is 0 Å². The summed E-state index contributed by atoms with van der Waals surface area (Å²) in [5, 5.41) is 2.58. The highest BCUT2D eigenvalue weighted by Gasteiger charge is 2.14. The van der Waals surface area contributed by atoms with Crippen molar-refractivity contribution in [2.45, 2.75) is 13.1 Å². The Morgan fingerprint density at radius 3 is 2.96 bits per heavy atom. The standard InChI is InChI=1S/C11H11NO2.C8H7NO2/c1-2-5-13-10-4-3-9-7-12-8-14-11(9)6-10;10-8-9-5-6-3-1-2-4-7(6)11-8/h2-4,6,8H,1,5,7H2;1-4H,5H2,(H,9,10). The van der Waals surface area contributed by atoms with Gasteiger partial charge in [0.25, 0.3) is 0 Å². The third-order valence-corrected chi connectivity index (χ3v) is 3.52. The molecule has 0 aromatic heterocycles. The summed E-state index contributed by atoms with van der Waals surface area (Å²) in [5.41, 5.74) is 2.10. The zero-order valence-electron chi connectivity index (χ0n) is 13.6. The van der Waals surface area contributed by atoms with Gasteiger partial charge in [0.05, 0.1) is 6.54 Å². The largest absolute Gasteiger partial charge is 0.489 e. The molecule has 2 aliphatic heterocycles. The van der Waals surface area contributed by atoms with Gasteiger partial charge < -0.3 is 19.5 Å². The summed E-state index contributed by atoms with van der Waals surface area (Å²) in [5.74, 6) is 2.27. The molecule has 2 aromatic carbocycles. The molecular formula is C19H18N2O4. The third-order valence-electron chi connectivity index (χ3n) is 3.52. The summed E-state index contributed by atoms with van der Waals surface area (Å²) in [6.07, 6.45) is 2.80. The van der Waals surface area contributed by atoms with Gasteiger partial charge in [-0.25, -0.2) is 4.79 Å². The van der Waals surface area contributed by atoms with Crippen molar-refractivity contribution >= 4 is 12.5 Å². The van der Waals surface area contributed by atoms with Crippen molar-refractivity contribution in [1.29, 1.82) is 0 Å². The lowest BCUT2D eigenvalue weighted by atomic mass is 10.2. The molecule has 1 N–H and O–H groups in total. The summed E-state index contributed by atoms with van der Waals surface area (Å²) in [4.78, 5) is 14.7. The fourth-order valence-corrected chi connectivity index (χ4v) is 2.30. The first kappa shape index (κ1) is 16.6. The van der Waals surface area contributed by atoms with Gasteiger partial charge in [-0.15, -0.1) is 0 Å². The Bertz CT molecular complexity index is 802. The van der Waals surface area contributed by atoms with Gasteiger partial charge in [-0.2, -0.15) is 0 Å². The van der Waals surface area contributed by atoms with Crippen LogP contribution in [0.2, 0.25) is 0 Å². The highest BCUT2D eigenvalue weighted by atomic mass is 16.6. The number of nitrogens with one attached hydrogen (secondary N) is 1. The van der Waals surface area contributed by atoms with Gasteiger partial charge in [0.2, 0.25) is 0 Å². The van der Waals surface area contributed by atoms with Gasteiger partial charge in [-0.1, -0.05) is 30.9 Å². The molecule has 25 heavy (non-hydrogen) atoms. The monoisotopic (exact) mass is 338 g/mol. The van der Waals surface area contributed by atoms with E-state index in [1.807, 2.05) is 36.4 Å². The third kappa shape index (κ3) is 4.38. The summed E-state index contributed by atoms with van der Waals surface area (Å²) in [6, 6.07) is 13.2. The quantitative estimate of drug-likeness (QED) is 0.870. The number of hydrogen-bond acceptors (Lipinski definition) is 5. The molecular weight excluding hydrogens is 320 g/mol. The predicted molar refractivity (Wildman–Crippen MR) is 94.3 cm³/mol. The molecule has 0 radical (unpaired) electrons. The zero-order chi connectivity index (χ0) is 17.5. The van der Waals surface area contributed by atoms with Crippen LogP contribution in [0.25, 0.3) is 0 Å². The topological polar surface area (TPSA) is 69.2 Å². The summed E-state index contributed by atoms with van der Waals surface area (Å²) >= 11 is 0. The SMILES string of the molecule is C=CCOc1ccc2c(c1)OC=NC2.O=C1NCc2ccccc2O1. The minimum atomic E-state index is -0.372. The molecule has 6 nitrogen and oxygen atoms in total. The van der Waals surface area contributed by atoms with Crippen molar-refractivity contribution in [2.24, 2.45) is 4.99 Å². The van der Waals surface area contributed by atoms with Gasteiger partial charge in [0.1, 0.15) is 23.9 Å². The highest BCUT2D eigenvalue weighted by Crippen LogP contribution is 2.27. The minimum Gasteiger partial charge on any atom is -0.489 e. The van der Waals surface area contributed by atoms with Gasteiger partial charge in [-0.05, 0) is 18.2 Å². The number of fused-ring (bicyclic) bond motifs is 2. The van der Waals surface area contributed by atoms with E-state index in [9.17, 15) is 4.79 Å². The molecule has 0 aliphatic carbocycles. The fourth-order valence-electron chi connectivity index (χ4n) is 2.30. The number of amides is 1. The number of nitrogens with zero attached hydrogens (tertiary/aromatic N) is 1. The second kappa shape index (κ2) is 8.01. The zero-order valence-corrected chi connectivity index (χ0v) is 13.6. The van der Waals surface area contributed by atoms with Gasteiger partial charge in [0, 0.05) is 23.7 Å². The van der Waals surface area contributed by atoms with E-state index < -0.39 is 0 Å². The van der Waals surface area contributed by atoms with Crippen LogP contribution in [0.3, 0.4) is 0 Å². The molecule has 2 aliphatic rings. The van der Waals surface area contributed by atoms with E-state index in [0.717, 1.165) is 22.6 Å². The Kier molecular flexibility index (Phi) is 5.31. The molecule has 0 unspecified atom stereocenters. The number of carbonyl (C=O) groups excluding carboxylic acids is 1. The van der Waals surface area contributed by atoms with E-state index in [1.54, 1.807) is 12.1 Å². The molecule has 0 saturated heterocycles. The predicted octanol–water partition coefficient (Wildman–Crippen LogP) is 3.46. The lowest BCUT2D eigenvalue weighted by Crippen LogP contribution is -2.30. The van der Waals surface area contributed by atoms with Crippen LogP contribution in [0.15, 0.2) is 60.1 Å². The second-order valence-electron chi connectivity index (χ2n) is 5.28. The van der Waals surface area contributed by atoms with E-state index >= 15 is 0 Å². The van der Waals surface area contributed by atoms with E-state index in [0.29, 0.717) is 25.4 Å². The normalized spacial score (nSPS) is 13.7. The summed E-state index contributed by atoms with van der Waals surface area (Å²) < 4.78 is 15.5. The van der Waals surface area contributed by atoms with Crippen LogP contribution in [0, 0.1) is 0 Å². The van der Waals surface area contributed by atoms with Crippen molar-refractivity contribution < 1.29 is 19.0 Å². The molecule has 6 heteroatoms. The first-order chi connectivity index (χ1) is 12.3. The molecule has 0 atom stereocenters. The molecule has 128 valence electrons. The number of aliphatic imine (C=N–C) groups is 1. The molecule has 1 amide bonds. The summed E-state index contributed by atoms with van der Waals surface area (Å²) in [7, 11) is 0. The van der Waals surface area contributed by atoms with E-state index in [1.165, 1.54) is 6.40 Å². The fraction of sp³-hybridized carbons (Fsp3) is 0.158. The van der Waals surface area contributed by atoms with E-state index in [4.69, 9.17) is 14.2 Å². The summed E-state index contributed by atoms with van der Waals surface area (Å²) in [6.45, 7) is 5.33. The molecule has 0 spiro atoms. The first-order valence-electron chi connectivity index (χ1n) is 7.81. The number of benzene rings is 2. The number of hydrogen-bond donors (Lipinski definition) is 1. The molecule has 2 heterocycles. The van der Waals surface area contributed by atoms with Crippen LogP contribution in [0.5, 0.6) is 17.2 Å². The van der Waals surface area contributed by atoms with Gasteiger partial charge in [0.15, 0.2) is 6.40 Å². The smallest absolute Gasteiger partial charge is 0.412 e. The Labute approximate surface area is 145 Å². The number of carbonyl (C=O) groups is 1. The maximum atomic E-state index is 10.7. The van der Waals surface area contributed by atoms with Crippen LogP contribution < -0.4 is 19.5 Å². The van der Waals surface area contributed by atoms with E-state index in [-0.39, 0.29) is 6.09 Å². The van der Waals surface area contributed by atoms with Crippen molar-refractivity contribution in [1.82, 2.24) is 5.32 Å². The van der Waals surface area contributed by atoms with Crippen molar-refractivity contribution in [3.05, 3.63) is 66.2 Å². The molecule has 0 saturated carbocycles. The molecule has 0 fully saturated rings. The lowest BCUT2D eigenvalue weighted by molar-refractivity contribution is 0.194. The van der Waals surface area contributed by atoms with Crippen molar-refractivity contribution in [2.75, 3.05) is 6.61 Å². The average Bonchev–Trinajstić information content (AvgIpc) is 2.66. The number of rotatable bonds is 3. The molecule has 2 aromatic rings. The average molecular weight is 338 g/mol. The van der Waals surface area contributed by atoms with Crippen LogP contribution in [-0.2, 0) is 13.1 Å². The Hall–Kier alpha value is -3.28. The van der Waals surface area contributed by atoms with Crippen LogP contribution in [-0.4, -0.2) is 19.1 Å². The molecule has 0 bridgehead atoms. The number of para-hydroxylation sites is 1. The van der Waals surface area contributed by atoms with E-state index in [2.05, 4.69) is 16.9 Å². The Balaban J connectivity index is 0.000000150. The highest BCUT2D eigenvalue weighted by molar-refractivity contribution is 5.72. The van der Waals surface area contributed by atoms with Crippen molar-refractivity contribution in [3.8, 4) is 17.2 Å². The van der Waals surface area contributed by atoms with Crippen LogP contribution in [0.4, 0.5) is 4.79 Å². The number of ether oxygens (including phenoxy) is 3. The minimum absolute atomic E-state index is 0.372. The lowest BCUT2D eigenvalue weighted by Gasteiger charge is -2.15. The van der Waals surface area contributed by atoms with Gasteiger partial charge in [-0.3, -0.25) is 4.99 Å². The first-order valence-corrected chi connectivity index (χ1v) is 7.81. The maximum absolute atomic E-state index is 10.7.